The summed E-state index contributed by atoms with van der Waals surface area (Å²) in [6, 6.07) is 18.4. The number of rotatable bonds is 8. The summed E-state index contributed by atoms with van der Waals surface area (Å²) in [4.78, 5) is 23.0. The summed E-state index contributed by atoms with van der Waals surface area (Å²) < 4.78 is 11.2. The van der Waals surface area contributed by atoms with Gasteiger partial charge in [0.15, 0.2) is 5.78 Å². The first kappa shape index (κ1) is 21.1. The number of para-hydroxylation sites is 2. The highest BCUT2D eigenvalue weighted by molar-refractivity contribution is 6.32. The standard InChI is InChI=1S/C23H18ClNO5/c1-29-22-13-11-16(14-17(22)15-30-23-9-5-3-7-19(23)24)10-12-21(26)18-6-2-4-8-20(18)25(27)28/h2-14H,15H2,1H3/b12-10+. The maximum absolute atomic E-state index is 12.4. The molecule has 0 saturated heterocycles. The third kappa shape index (κ3) is 5.04. The minimum Gasteiger partial charge on any atom is -0.496 e. The average molecular weight is 424 g/mol. The summed E-state index contributed by atoms with van der Waals surface area (Å²) >= 11 is 6.12. The summed E-state index contributed by atoms with van der Waals surface area (Å²) in [5.74, 6) is 0.727. The predicted molar refractivity (Wildman–Crippen MR) is 115 cm³/mol. The Morgan fingerprint density at radius 2 is 1.80 bits per heavy atom. The number of ketones is 1. The molecule has 0 aromatic heterocycles. The molecule has 0 spiro atoms. The number of methoxy groups -OCH3 is 1. The van der Waals surface area contributed by atoms with Gasteiger partial charge >= 0.3 is 0 Å². The topological polar surface area (TPSA) is 78.7 Å². The highest BCUT2D eigenvalue weighted by Gasteiger charge is 2.17. The average Bonchev–Trinajstić information content (AvgIpc) is 2.77. The molecular weight excluding hydrogens is 406 g/mol. The lowest BCUT2D eigenvalue weighted by Gasteiger charge is -2.12. The molecule has 3 aromatic rings. The van der Waals surface area contributed by atoms with E-state index in [1.807, 2.05) is 18.2 Å². The van der Waals surface area contributed by atoms with Gasteiger partial charge in [-0.15, -0.1) is 0 Å². The monoisotopic (exact) mass is 423 g/mol. The van der Waals surface area contributed by atoms with Crippen molar-refractivity contribution in [2.75, 3.05) is 7.11 Å². The van der Waals surface area contributed by atoms with Crippen LogP contribution in [-0.4, -0.2) is 17.8 Å². The summed E-state index contributed by atoms with van der Waals surface area (Å²) in [5.41, 5.74) is 1.29. The molecule has 0 saturated carbocycles. The van der Waals surface area contributed by atoms with Crippen LogP contribution < -0.4 is 9.47 Å². The van der Waals surface area contributed by atoms with Crippen LogP contribution in [0.2, 0.25) is 5.02 Å². The number of halogens is 1. The molecule has 0 aliphatic heterocycles. The molecule has 0 aliphatic rings. The van der Waals surface area contributed by atoms with Crippen LogP contribution in [0.25, 0.3) is 6.08 Å². The fourth-order valence-corrected chi connectivity index (χ4v) is 3.03. The molecule has 0 atom stereocenters. The summed E-state index contributed by atoms with van der Waals surface area (Å²) in [5, 5.41) is 11.6. The van der Waals surface area contributed by atoms with E-state index in [1.54, 1.807) is 43.5 Å². The van der Waals surface area contributed by atoms with Crippen LogP contribution in [-0.2, 0) is 6.61 Å². The van der Waals surface area contributed by atoms with E-state index in [-0.39, 0.29) is 17.9 Å². The molecule has 0 aliphatic carbocycles. The van der Waals surface area contributed by atoms with Gasteiger partial charge in [-0.3, -0.25) is 14.9 Å². The van der Waals surface area contributed by atoms with Crippen LogP contribution >= 0.6 is 11.6 Å². The summed E-state index contributed by atoms with van der Waals surface area (Å²) in [6.07, 6.45) is 2.90. The van der Waals surface area contributed by atoms with E-state index in [0.717, 1.165) is 11.1 Å². The fraction of sp³-hybridized carbons (Fsp3) is 0.0870. The minimum absolute atomic E-state index is 0.0366. The maximum atomic E-state index is 12.4. The van der Waals surface area contributed by atoms with E-state index in [1.165, 1.54) is 24.3 Å². The van der Waals surface area contributed by atoms with Crippen LogP contribution in [0.1, 0.15) is 21.5 Å². The van der Waals surface area contributed by atoms with E-state index >= 15 is 0 Å². The Morgan fingerprint density at radius 1 is 1.07 bits per heavy atom. The van der Waals surface area contributed by atoms with E-state index in [2.05, 4.69) is 0 Å². The maximum Gasteiger partial charge on any atom is 0.280 e. The zero-order valence-electron chi connectivity index (χ0n) is 16.1. The third-order valence-electron chi connectivity index (χ3n) is 4.32. The van der Waals surface area contributed by atoms with Gasteiger partial charge in [0, 0.05) is 11.6 Å². The fourth-order valence-electron chi connectivity index (χ4n) is 2.84. The lowest BCUT2D eigenvalue weighted by atomic mass is 10.1. The zero-order chi connectivity index (χ0) is 21.5. The second kappa shape index (κ2) is 9.71. The summed E-state index contributed by atoms with van der Waals surface area (Å²) in [6.45, 7) is 0.215. The molecule has 7 heteroatoms. The van der Waals surface area contributed by atoms with E-state index in [0.29, 0.717) is 16.5 Å². The largest absolute Gasteiger partial charge is 0.496 e. The van der Waals surface area contributed by atoms with Crippen LogP contribution in [0, 0.1) is 10.1 Å². The van der Waals surface area contributed by atoms with Gasteiger partial charge in [-0.2, -0.15) is 0 Å². The normalized spacial score (nSPS) is 10.7. The number of allylic oxidation sites excluding steroid dienone is 1. The van der Waals surface area contributed by atoms with Crippen molar-refractivity contribution in [1.82, 2.24) is 0 Å². The second-order valence-electron chi connectivity index (χ2n) is 6.26. The molecule has 30 heavy (non-hydrogen) atoms. The number of nitro benzene ring substituents is 1. The molecule has 3 rings (SSSR count). The molecule has 0 unspecified atom stereocenters. The van der Waals surface area contributed by atoms with Crippen molar-refractivity contribution in [2.24, 2.45) is 0 Å². The van der Waals surface area contributed by atoms with Gasteiger partial charge in [-0.1, -0.05) is 48.0 Å². The quantitative estimate of drug-likeness (QED) is 0.200. The van der Waals surface area contributed by atoms with Gasteiger partial charge < -0.3 is 9.47 Å². The minimum atomic E-state index is -0.571. The van der Waals surface area contributed by atoms with Gasteiger partial charge in [0.1, 0.15) is 18.1 Å². The number of hydrogen-bond acceptors (Lipinski definition) is 5. The van der Waals surface area contributed by atoms with Crippen LogP contribution in [0.5, 0.6) is 11.5 Å². The Bertz CT molecular complexity index is 1110. The first-order valence-corrected chi connectivity index (χ1v) is 9.37. The predicted octanol–water partition coefficient (Wildman–Crippen LogP) is 5.73. The first-order valence-electron chi connectivity index (χ1n) is 8.99. The lowest BCUT2D eigenvalue weighted by Crippen LogP contribution is -2.01. The molecule has 0 amide bonds. The van der Waals surface area contributed by atoms with Gasteiger partial charge in [-0.25, -0.2) is 0 Å². The SMILES string of the molecule is COc1ccc(/C=C/C(=O)c2ccccc2[N+](=O)[O-])cc1COc1ccccc1Cl. The van der Waals surface area contributed by atoms with Gasteiger partial charge in [0.05, 0.1) is 22.6 Å². The molecule has 0 radical (unpaired) electrons. The zero-order valence-corrected chi connectivity index (χ0v) is 16.8. The number of nitrogens with zero attached hydrogens (tertiary/aromatic N) is 1. The highest BCUT2D eigenvalue weighted by atomic mass is 35.5. The van der Waals surface area contributed by atoms with Crippen molar-refractivity contribution in [3.63, 3.8) is 0 Å². The van der Waals surface area contributed by atoms with E-state index < -0.39 is 10.7 Å². The number of nitro groups is 1. The first-order chi connectivity index (χ1) is 14.5. The van der Waals surface area contributed by atoms with E-state index in [9.17, 15) is 14.9 Å². The van der Waals surface area contributed by atoms with E-state index in [4.69, 9.17) is 21.1 Å². The molecule has 152 valence electrons. The Labute approximate surface area is 178 Å². The lowest BCUT2D eigenvalue weighted by molar-refractivity contribution is -0.385. The smallest absolute Gasteiger partial charge is 0.280 e. The molecule has 0 bridgehead atoms. The molecule has 6 nitrogen and oxygen atoms in total. The van der Waals surface area contributed by atoms with Crippen LogP contribution in [0.4, 0.5) is 5.69 Å². The number of ether oxygens (including phenoxy) is 2. The van der Waals surface area contributed by atoms with Gasteiger partial charge in [0.25, 0.3) is 5.69 Å². The highest BCUT2D eigenvalue weighted by Crippen LogP contribution is 2.27. The number of benzene rings is 3. The van der Waals surface area contributed by atoms with Gasteiger partial charge in [-0.05, 0) is 42.0 Å². The van der Waals surface area contributed by atoms with Crippen LogP contribution in [0.15, 0.2) is 72.8 Å². The Morgan fingerprint density at radius 3 is 2.53 bits per heavy atom. The van der Waals surface area contributed by atoms with Crippen LogP contribution in [0.3, 0.4) is 0 Å². The Kier molecular flexibility index (Phi) is 6.83. The number of hydrogen-bond donors (Lipinski definition) is 0. The second-order valence-corrected chi connectivity index (χ2v) is 6.67. The Hall–Kier alpha value is -3.64. The third-order valence-corrected chi connectivity index (χ3v) is 4.63. The molecule has 0 fully saturated rings. The molecule has 0 heterocycles. The number of carbonyl (C=O) groups excluding carboxylic acids is 1. The van der Waals surface area contributed by atoms with Crippen molar-refractivity contribution >= 4 is 29.1 Å². The molecule has 3 aromatic carbocycles. The Balaban J connectivity index is 1.80. The van der Waals surface area contributed by atoms with Crippen molar-refractivity contribution in [2.45, 2.75) is 6.61 Å². The van der Waals surface area contributed by atoms with Crippen molar-refractivity contribution < 1.29 is 19.2 Å². The number of carbonyl (C=O) groups is 1. The van der Waals surface area contributed by atoms with Gasteiger partial charge in [0.2, 0.25) is 0 Å². The van der Waals surface area contributed by atoms with Crippen molar-refractivity contribution in [3.8, 4) is 11.5 Å². The van der Waals surface area contributed by atoms with Crippen molar-refractivity contribution in [1.29, 1.82) is 0 Å². The molecular formula is C23H18ClNO5. The molecule has 0 N–H and O–H groups in total. The van der Waals surface area contributed by atoms with Crippen molar-refractivity contribution in [3.05, 3.63) is 105 Å². The summed E-state index contributed by atoms with van der Waals surface area (Å²) in [7, 11) is 1.56.